The van der Waals surface area contributed by atoms with Gasteiger partial charge in [0.1, 0.15) is 0 Å². The van der Waals surface area contributed by atoms with Crippen LogP contribution >= 0.6 is 12.2 Å². The van der Waals surface area contributed by atoms with Crippen molar-refractivity contribution in [2.24, 2.45) is 5.73 Å². The first-order valence-corrected chi connectivity index (χ1v) is 7.56. The van der Waals surface area contributed by atoms with E-state index in [1.54, 1.807) is 5.37 Å². The van der Waals surface area contributed by atoms with E-state index in [-0.39, 0.29) is 5.97 Å². The van der Waals surface area contributed by atoms with Crippen molar-refractivity contribution in [2.45, 2.75) is 64.3 Å². The molecule has 110 valence electrons. The van der Waals surface area contributed by atoms with E-state index < -0.39 is 5.54 Å². The van der Waals surface area contributed by atoms with Crippen LogP contribution in [-0.4, -0.2) is 23.5 Å². The number of carbonyl (C=O) groups is 1. The van der Waals surface area contributed by atoms with Crippen LogP contribution in [0.3, 0.4) is 0 Å². The maximum absolute atomic E-state index is 11.7. The van der Waals surface area contributed by atoms with Crippen molar-refractivity contribution in [3.05, 3.63) is 12.2 Å². The van der Waals surface area contributed by atoms with Gasteiger partial charge in [-0.05, 0) is 24.6 Å². The molecule has 4 heteroatoms. The molecule has 0 amide bonds. The number of carbonyl (C=O) groups excluding carboxylic acids is 1. The molecule has 0 aromatic carbocycles. The lowest BCUT2D eigenvalue weighted by atomic mass is 9.97. The summed E-state index contributed by atoms with van der Waals surface area (Å²) < 4.78 is 5.18. The molecule has 1 unspecified atom stereocenters. The molecule has 1 atom stereocenters. The minimum Gasteiger partial charge on any atom is -0.462 e. The summed E-state index contributed by atoms with van der Waals surface area (Å²) in [5, 5.41) is 1.56. The molecule has 0 aromatic rings. The third-order valence-corrected chi connectivity index (χ3v) is 3.78. The highest BCUT2D eigenvalue weighted by Gasteiger charge is 2.20. The SMILES string of the molecule is C=C(CCCCCC)C(=O)OCCC(N)(C=S)CC. The van der Waals surface area contributed by atoms with Crippen LogP contribution in [0.5, 0.6) is 0 Å². The van der Waals surface area contributed by atoms with Gasteiger partial charge in [-0.3, -0.25) is 0 Å². The molecule has 3 nitrogen and oxygen atoms in total. The van der Waals surface area contributed by atoms with Crippen molar-refractivity contribution in [1.29, 1.82) is 0 Å². The molecule has 0 spiro atoms. The normalized spacial score (nSPS) is 13.6. The fourth-order valence-electron chi connectivity index (χ4n) is 1.62. The fourth-order valence-corrected chi connectivity index (χ4v) is 1.91. The minimum atomic E-state index is -0.516. The first-order valence-electron chi connectivity index (χ1n) is 7.09. The smallest absolute Gasteiger partial charge is 0.333 e. The molecule has 0 heterocycles. The molecule has 0 bridgehead atoms. The summed E-state index contributed by atoms with van der Waals surface area (Å²) in [6.45, 7) is 8.20. The van der Waals surface area contributed by atoms with E-state index in [1.165, 1.54) is 12.8 Å². The highest BCUT2D eigenvalue weighted by atomic mass is 32.1. The zero-order valence-corrected chi connectivity index (χ0v) is 13.1. The standard InChI is InChI=1S/C15H27NO2S/c1-4-6-7-8-9-13(3)14(17)18-11-10-15(16,5-2)12-19/h12H,3-11,16H2,1-2H3. The van der Waals surface area contributed by atoms with Gasteiger partial charge in [0.05, 0.1) is 6.61 Å². The van der Waals surface area contributed by atoms with Crippen molar-refractivity contribution in [3.8, 4) is 0 Å². The number of rotatable bonds is 11. The Labute approximate surface area is 122 Å². The third-order valence-electron chi connectivity index (χ3n) is 3.31. The number of esters is 1. The summed E-state index contributed by atoms with van der Waals surface area (Å²) >= 11 is 4.89. The summed E-state index contributed by atoms with van der Waals surface area (Å²) in [6, 6.07) is 0. The van der Waals surface area contributed by atoms with Crippen LogP contribution in [-0.2, 0) is 9.53 Å². The van der Waals surface area contributed by atoms with Gasteiger partial charge in [0.15, 0.2) is 0 Å². The molecule has 0 fully saturated rings. The van der Waals surface area contributed by atoms with Gasteiger partial charge in [-0.25, -0.2) is 4.79 Å². The molecular weight excluding hydrogens is 258 g/mol. The highest BCUT2D eigenvalue weighted by molar-refractivity contribution is 7.79. The van der Waals surface area contributed by atoms with Crippen molar-refractivity contribution < 1.29 is 9.53 Å². The molecule has 0 aromatic heterocycles. The molecule has 0 aliphatic heterocycles. The lowest BCUT2D eigenvalue weighted by Crippen LogP contribution is -2.41. The van der Waals surface area contributed by atoms with Crippen molar-refractivity contribution in [1.82, 2.24) is 0 Å². The summed E-state index contributed by atoms with van der Waals surface area (Å²) in [5.41, 5.74) is 6.04. The Balaban J connectivity index is 3.85. The van der Waals surface area contributed by atoms with Crippen molar-refractivity contribution >= 4 is 23.6 Å². The quantitative estimate of drug-likeness (QED) is 0.273. The van der Waals surface area contributed by atoms with E-state index in [1.807, 2.05) is 6.92 Å². The number of hydrogen-bond acceptors (Lipinski definition) is 4. The molecule has 2 N–H and O–H groups in total. The number of ether oxygens (including phenoxy) is 1. The van der Waals surface area contributed by atoms with E-state index in [4.69, 9.17) is 22.7 Å². The van der Waals surface area contributed by atoms with Gasteiger partial charge in [-0.1, -0.05) is 51.9 Å². The van der Waals surface area contributed by atoms with Crippen LogP contribution in [0.1, 0.15) is 58.8 Å². The summed E-state index contributed by atoms with van der Waals surface area (Å²) in [7, 11) is 0. The number of nitrogens with two attached hydrogens (primary N) is 1. The largest absolute Gasteiger partial charge is 0.462 e. The van der Waals surface area contributed by atoms with Crippen LogP contribution in [0.15, 0.2) is 12.2 Å². The fraction of sp³-hybridized carbons (Fsp3) is 0.733. The van der Waals surface area contributed by atoms with Crippen molar-refractivity contribution in [3.63, 3.8) is 0 Å². The van der Waals surface area contributed by atoms with Gasteiger partial charge in [0.25, 0.3) is 0 Å². The molecule has 0 rings (SSSR count). The van der Waals surface area contributed by atoms with Gasteiger partial charge < -0.3 is 10.5 Å². The van der Waals surface area contributed by atoms with Crippen molar-refractivity contribution in [2.75, 3.05) is 6.61 Å². The molecule has 0 aliphatic carbocycles. The average Bonchev–Trinajstić information content (AvgIpc) is 2.42. The molecule has 0 radical (unpaired) electrons. The first-order chi connectivity index (χ1) is 8.99. The molecule has 0 saturated heterocycles. The van der Waals surface area contributed by atoms with Gasteiger partial charge in [0, 0.05) is 17.5 Å². The van der Waals surface area contributed by atoms with Crippen LogP contribution in [0.4, 0.5) is 0 Å². The Morgan fingerprint density at radius 2 is 2.05 bits per heavy atom. The zero-order chi connectivity index (χ0) is 14.7. The zero-order valence-electron chi connectivity index (χ0n) is 12.2. The average molecular weight is 285 g/mol. The molecule has 19 heavy (non-hydrogen) atoms. The lowest BCUT2D eigenvalue weighted by molar-refractivity contribution is -0.139. The summed E-state index contributed by atoms with van der Waals surface area (Å²) in [5.74, 6) is -0.306. The topological polar surface area (TPSA) is 52.3 Å². The Bertz CT molecular complexity index is 305. The van der Waals surface area contributed by atoms with E-state index in [0.717, 1.165) is 19.3 Å². The Morgan fingerprint density at radius 1 is 1.37 bits per heavy atom. The van der Waals surface area contributed by atoms with E-state index >= 15 is 0 Å². The van der Waals surface area contributed by atoms with Crippen LogP contribution in [0.25, 0.3) is 0 Å². The molecule has 0 aliphatic rings. The Kier molecular flexibility index (Phi) is 9.70. The molecular formula is C15H27NO2S. The Hall–Kier alpha value is -0.740. The Morgan fingerprint density at radius 3 is 2.58 bits per heavy atom. The van der Waals surface area contributed by atoms with Crippen LogP contribution in [0.2, 0.25) is 0 Å². The van der Waals surface area contributed by atoms with Crippen LogP contribution in [0, 0.1) is 0 Å². The second-order valence-corrected chi connectivity index (χ2v) is 5.24. The number of thiocarbonyl (C=S) groups is 1. The maximum Gasteiger partial charge on any atom is 0.333 e. The van der Waals surface area contributed by atoms with E-state index in [9.17, 15) is 4.79 Å². The van der Waals surface area contributed by atoms with Gasteiger partial charge in [-0.15, -0.1) is 0 Å². The third kappa shape index (κ3) is 8.11. The monoisotopic (exact) mass is 285 g/mol. The van der Waals surface area contributed by atoms with E-state index in [0.29, 0.717) is 25.0 Å². The second-order valence-electron chi connectivity index (χ2n) is 5.00. The maximum atomic E-state index is 11.7. The van der Waals surface area contributed by atoms with Gasteiger partial charge >= 0.3 is 5.97 Å². The minimum absolute atomic E-state index is 0.296. The van der Waals surface area contributed by atoms with Gasteiger partial charge in [-0.2, -0.15) is 0 Å². The van der Waals surface area contributed by atoms with Crippen LogP contribution < -0.4 is 5.73 Å². The summed E-state index contributed by atoms with van der Waals surface area (Å²) in [6.07, 6.45) is 6.53. The first kappa shape index (κ1) is 18.3. The predicted molar refractivity (Wildman–Crippen MR) is 84.3 cm³/mol. The van der Waals surface area contributed by atoms with E-state index in [2.05, 4.69) is 13.5 Å². The highest BCUT2D eigenvalue weighted by Crippen LogP contribution is 2.12. The number of hydrogen-bond donors (Lipinski definition) is 1. The predicted octanol–water partition coefficient (Wildman–Crippen LogP) is 3.55. The van der Waals surface area contributed by atoms with Gasteiger partial charge in [0.2, 0.25) is 0 Å². The lowest BCUT2D eigenvalue weighted by Gasteiger charge is -2.22. The summed E-state index contributed by atoms with van der Waals surface area (Å²) in [4.78, 5) is 11.7. The number of unbranched alkanes of at least 4 members (excludes halogenated alkanes) is 3. The second kappa shape index (κ2) is 10.1. The molecule has 0 saturated carbocycles.